The van der Waals surface area contributed by atoms with Crippen LogP contribution < -0.4 is 11.1 Å². The number of benzene rings is 1. The van der Waals surface area contributed by atoms with E-state index in [9.17, 15) is 9.59 Å². The molecular weight excluding hydrogens is 228 g/mol. The van der Waals surface area contributed by atoms with Gasteiger partial charge in [0.05, 0.1) is 0 Å². The Morgan fingerprint density at radius 1 is 1.31 bits per heavy atom. The maximum Gasteiger partial charge on any atom is 0.242 e. The fourth-order valence-electron chi connectivity index (χ4n) is 1.17. The molecule has 0 aliphatic rings. The number of hydrogen-bond donors (Lipinski definition) is 2. The summed E-state index contributed by atoms with van der Waals surface area (Å²) in [7, 11) is 0. The quantitative estimate of drug-likeness (QED) is 0.753. The van der Waals surface area contributed by atoms with Gasteiger partial charge in [-0.2, -0.15) is 0 Å². The van der Waals surface area contributed by atoms with Crippen molar-refractivity contribution in [1.29, 1.82) is 0 Å². The van der Waals surface area contributed by atoms with Crippen LogP contribution in [0.5, 0.6) is 0 Å². The Labute approximate surface area is 98.8 Å². The summed E-state index contributed by atoms with van der Waals surface area (Å²) in [5.74, 6) is -0.778. The number of halogens is 1. The predicted molar refractivity (Wildman–Crippen MR) is 61.9 cm³/mol. The van der Waals surface area contributed by atoms with Gasteiger partial charge in [-0.15, -0.1) is 11.6 Å². The second kappa shape index (κ2) is 6.12. The van der Waals surface area contributed by atoms with Gasteiger partial charge in [-0.1, -0.05) is 30.3 Å². The van der Waals surface area contributed by atoms with E-state index in [2.05, 4.69) is 5.32 Å². The molecule has 0 aliphatic heterocycles. The van der Waals surface area contributed by atoms with Crippen molar-refractivity contribution in [2.24, 2.45) is 5.73 Å². The molecule has 86 valence electrons. The molecule has 16 heavy (non-hydrogen) atoms. The summed E-state index contributed by atoms with van der Waals surface area (Å²) in [4.78, 5) is 22.0. The average Bonchev–Trinajstić information content (AvgIpc) is 2.28. The standard InChI is InChI=1S/C11H13ClN2O2/c12-10(8-4-2-1-3-5-8)11(16)14-7-6-9(13)15/h1-5,10H,6-7H2,(H2,13,15)(H,14,16). The number of primary amides is 1. The van der Waals surface area contributed by atoms with Crippen molar-refractivity contribution >= 4 is 23.4 Å². The van der Waals surface area contributed by atoms with E-state index in [1.807, 2.05) is 6.07 Å². The molecule has 0 saturated carbocycles. The van der Waals surface area contributed by atoms with Crippen LogP contribution in [0.2, 0.25) is 0 Å². The molecule has 0 spiro atoms. The molecule has 1 unspecified atom stereocenters. The minimum atomic E-state index is -0.742. The molecule has 1 atom stereocenters. The molecular formula is C11H13ClN2O2. The highest BCUT2D eigenvalue weighted by Crippen LogP contribution is 2.19. The van der Waals surface area contributed by atoms with Gasteiger partial charge in [-0.25, -0.2) is 0 Å². The van der Waals surface area contributed by atoms with E-state index in [1.54, 1.807) is 24.3 Å². The van der Waals surface area contributed by atoms with Gasteiger partial charge in [0.1, 0.15) is 5.38 Å². The van der Waals surface area contributed by atoms with Crippen LogP contribution in [-0.2, 0) is 9.59 Å². The fraction of sp³-hybridized carbons (Fsp3) is 0.273. The largest absolute Gasteiger partial charge is 0.370 e. The van der Waals surface area contributed by atoms with Crippen molar-refractivity contribution in [3.05, 3.63) is 35.9 Å². The minimum Gasteiger partial charge on any atom is -0.370 e. The van der Waals surface area contributed by atoms with Gasteiger partial charge in [-0.05, 0) is 5.56 Å². The summed E-state index contributed by atoms with van der Waals surface area (Å²) in [6.45, 7) is 0.213. The number of carbonyl (C=O) groups is 2. The molecule has 2 amide bonds. The maximum atomic E-state index is 11.5. The van der Waals surface area contributed by atoms with Crippen molar-refractivity contribution in [2.45, 2.75) is 11.8 Å². The van der Waals surface area contributed by atoms with Gasteiger partial charge >= 0.3 is 0 Å². The highest BCUT2D eigenvalue weighted by molar-refractivity contribution is 6.30. The van der Waals surface area contributed by atoms with Gasteiger partial charge in [-0.3, -0.25) is 9.59 Å². The number of alkyl halides is 1. The first-order valence-electron chi connectivity index (χ1n) is 4.86. The summed E-state index contributed by atoms with van der Waals surface area (Å²) in [5.41, 5.74) is 5.67. The van der Waals surface area contributed by atoms with Gasteiger partial charge in [0.15, 0.2) is 0 Å². The average molecular weight is 241 g/mol. The normalized spacial score (nSPS) is 11.8. The lowest BCUT2D eigenvalue weighted by atomic mass is 10.1. The zero-order valence-corrected chi connectivity index (χ0v) is 9.41. The first-order chi connectivity index (χ1) is 7.61. The predicted octanol–water partition coefficient (Wildman–Crippen LogP) is 0.958. The number of nitrogens with two attached hydrogens (primary N) is 1. The Bertz CT molecular complexity index is 368. The van der Waals surface area contributed by atoms with Gasteiger partial charge < -0.3 is 11.1 Å². The number of carbonyl (C=O) groups excluding carboxylic acids is 2. The third-order valence-electron chi connectivity index (χ3n) is 1.99. The number of hydrogen-bond acceptors (Lipinski definition) is 2. The Morgan fingerprint density at radius 3 is 2.50 bits per heavy atom. The second-order valence-corrected chi connectivity index (χ2v) is 3.72. The molecule has 0 aromatic heterocycles. The Hall–Kier alpha value is -1.55. The van der Waals surface area contributed by atoms with Crippen molar-refractivity contribution in [1.82, 2.24) is 5.32 Å². The molecule has 0 fully saturated rings. The smallest absolute Gasteiger partial charge is 0.242 e. The van der Waals surface area contributed by atoms with Crippen molar-refractivity contribution in [2.75, 3.05) is 6.54 Å². The van der Waals surface area contributed by atoms with Gasteiger partial charge in [0.25, 0.3) is 0 Å². The summed E-state index contributed by atoms with van der Waals surface area (Å²) in [6.07, 6.45) is 0.115. The first-order valence-corrected chi connectivity index (χ1v) is 5.30. The molecule has 0 aliphatic carbocycles. The van der Waals surface area contributed by atoms with Crippen LogP contribution in [0.1, 0.15) is 17.4 Å². The molecule has 0 radical (unpaired) electrons. The maximum absolute atomic E-state index is 11.5. The summed E-state index contributed by atoms with van der Waals surface area (Å²) in [6, 6.07) is 9.00. The molecule has 5 heteroatoms. The zero-order chi connectivity index (χ0) is 12.0. The van der Waals surface area contributed by atoms with Crippen LogP contribution in [-0.4, -0.2) is 18.4 Å². The van der Waals surface area contributed by atoms with Gasteiger partial charge in [0, 0.05) is 13.0 Å². The van der Waals surface area contributed by atoms with Crippen molar-refractivity contribution in [3.63, 3.8) is 0 Å². The lowest BCUT2D eigenvalue weighted by molar-refractivity contribution is -0.121. The first kappa shape index (κ1) is 12.5. The Kier molecular flexibility index (Phi) is 4.79. The highest BCUT2D eigenvalue weighted by Gasteiger charge is 2.16. The third-order valence-corrected chi connectivity index (χ3v) is 2.44. The van der Waals surface area contributed by atoms with E-state index >= 15 is 0 Å². The van der Waals surface area contributed by atoms with E-state index in [4.69, 9.17) is 17.3 Å². The second-order valence-electron chi connectivity index (χ2n) is 3.28. The van der Waals surface area contributed by atoms with E-state index < -0.39 is 11.3 Å². The van der Waals surface area contributed by atoms with Crippen LogP contribution >= 0.6 is 11.6 Å². The summed E-state index contributed by atoms with van der Waals surface area (Å²) in [5, 5.41) is 1.80. The third kappa shape index (κ3) is 3.90. The molecule has 1 aromatic rings. The van der Waals surface area contributed by atoms with Crippen molar-refractivity contribution in [3.8, 4) is 0 Å². The van der Waals surface area contributed by atoms with Gasteiger partial charge in [0.2, 0.25) is 11.8 Å². The molecule has 0 heterocycles. The molecule has 1 rings (SSSR count). The van der Waals surface area contributed by atoms with E-state index in [-0.39, 0.29) is 18.9 Å². The van der Waals surface area contributed by atoms with Crippen LogP contribution in [0.25, 0.3) is 0 Å². The van der Waals surface area contributed by atoms with Crippen LogP contribution in [0.3, 0.4) is 0 Å². The Morgan fingerprint density at radius 2 is 1.94 bits per heavy atom. The topological polar surface area (TPSA) is 72.2 Å². The van der Waals surface area contributed by atoms with Crippen LogP contribution in [0, 0.1) is 0 Å². The summed E-state index contributed by atoms with van der Waals surface area (Å²) >= 11 is 5.94. The van der Waals surface area contributed by atoms with Crippen LogP contribution in [0.4, 0.5) is 0 Å². The lowest BCUT2D eigenvalue weighted by Gasteiger charge is -2.09. The van der Waals surface area contributed by atoms with E-state index in [1.165, 1.54) is 0 Å². The molecule has 0 bridgehead atoms. The fourth-order valence-corrected chi connectivity index (χ4v) is 1.39. The molecule has 3 N–H and O–H groups in total. The monoisotopic (exact) mass is 240 g/mol. The molecule has 0 saturated heterocycles. The zero-order valence-electron chi connectivity index (χ0n) is 8.65. The molecule has 4 nitrogen and oxygen atoms in total. The Balaban J connectivity index is 2.45. The minimum absolute atomic E-state index is 0.115. The number of amides is 2. The van der Waals surface area contributed by atoms with Crippen LogP contribution in [0.15, 0.2) is 30.3 Å². The van der Waals surface area contributed by atoms with E-state index in [0.29, 0.717) is 0 Å². The lowest BCUT2D eigenvalue weighted by Crippen LogP contribution is -2.30. The number of nitrogens with one attached hydrogen (secondary N) is 1. The highest BCUT2D eigenvalue weighted by atomic mass is 35.5. The van der Waals surface area contributed by atoms with Crippen molar-refractivity contribution < 1.29 is 9.59 Å². The SMILES string of the molecule is NC(=O)CCNC(=O)C(Cl)c1ccccc1. The van der Waals surface area contributed by atoms with E-state index in [0.717, 1.165) is 5.56 Å². The number of rotatable bonds is 5. The summed E-state index contributed by atoms with van der Waals surface area (Å²) < 4.78 is 0. The molecule has 1 aromatic carbocycles.